The Bertz CT molecular complexity index is 1540. The van der Waals surface area contributed by atoms with Gasteiger partial charge >= 0.3 is 0 Å². The number of carbonyl (C=O) groups is 2. The monoisotopic (exact) mass is 565 g/mol. The molecule has 0 saturated carbocycles. The zero-order chi connectivity index (χ0) is 26.4. The van der Waals surface area contributed by atoms with Crippen LogP contribution in [-0.4, -0.2) is 55.4 Å². The molecular weight excluding hydrogens is 538 g/mol. The maximum atomic E-state index is 13.9. The Hall–Kier alpha value is -3.73. The van der Waals surface area contributed by atoms with Crippen LogP contribution in [0.25, 0.3) is 21.9 Å². The lowest BCUT2D eigenvalue weighted by atomic mass is 10.0. The molecule has 5 rings (SSSR count). The van der Waals surface area contributed by atoms with Crippen molar-refractivity contribution in [2.75, 3.05) is 18.2 Å². The minimum absolute atomic E-state index is 0.00220. The third-order valence-electron chi connectivity index (χ3n) is 7.26. The third-order valence-corrected chi connectivity index (χ3v) is 7.70. The van der Waals surface area contributed by atoms with Crippen LogP contribution in [-0.2, 0) is 16.1 Å². The van der Waals surface area contributed by atoms with Crippen molar-refractivity contribution >= 4 is 61.3 Å². The number of ether oxygens (including phenoxy) is 1. The van der Waals surface area contributed by atoms with E-state index in [-0.39, 0.29) is 30.3 Å². The highest BCUT2D eigenvalue weighted by atomic mass is 79.9. The molecular formula is C26H28BrN7O3. The van der Waals surface area contributed by atoms with E-state index in [4.69, 9.17) is 10.5 Å². The summed E-state index contributed by atoms with van der Waals surface area (Å²) in [6.07, 6.45) is 1.95. The number of halogens is 1. The van der Waals surface area contributed by atoms with Crippen molar-refractivity contribution in [3.05, 3.63) is 46.8 Å². The lowest BCUT2D eigenvalue weighted by molar-refractivity contribution is -0.139. The average molecular weight is 566 g/mol. The molecule has 10 nitrogen and oxygen atoms in total. The molecule has 37 heavy (non-hydrogen) atoms. The Morgan fingerprint density at radius 3 is 2.76 bits per heavy atom. The first kappa shape index (κ1) is 24.9. The summed E-state index contributed by atoms with van der Waals surface area (Å²) in [5, 5.41) is 4.39. The summed E-state index contributed by atoms with van der Waals surface area (Å²) in [5.74, 6) is 1.18. The van der Waals surface area contributed by atoms with E-state index in [1.807, 2.05) is 48.7 Å². The number of carbonyl (C=O) groups excluding carboxylic acids is 2. The minimum atomic E-state index is -0.620. The Morgan fingerprint density at radius 2 is 2.00 bits per heavy atom. The fraction of sp³-hybridized carbons (Fsp3) is 0.346. The number of aromatic nitrogens is 4. The van der Waals surface area contributed by atoms with Crippen molar-refractivity contribution in [3.8, 4) is 5.75 Å². The molecule has 3 atom stereocenters. The van der Waals surface area contributed by atoms with Gasteiger partial charge in [-0.05, 0) is 71.9 Å². The van der Waals surface area contributed by atoms with E-state index in [9.17, 15) is 9.59 Å². The molecule has 4 heterocycles. The van der Waals surface area contributed by atoms with Gasteiger partial charge in [0.2, 0.25) is 11.8 Å². The van der Waals surface area contributed by atoms with Crippen molar-refractivity contribution in [2.45, 2.75) is 45.8 Å². The van der Waals surface area contributed by atoms with Crippen LogP contribution in [0.5, 0.6) is 5.75 Å². The molecule has 0 aliphatic carbocycles. The van der Waals surface area contributed by atoms with Crippen LogP contribution < -0.4 is 15.8 Å². The molecule has 0 spiro atoms. The lowest BCUT2D eigenvalue weighted by Gasteiger charge is -2.29. The van der Waals surface area contributed by atoms with Crippen molar-refractivity contribution in [3.63, 3.8) is 0 Å². The molecule has 3 N–H and O–H groups in total. The molecule has 3 aromatic heterocycles. The first-order chi connectivity index (χ1) is 17.7. The Kier molecular flexibility index (Phi) is 6.49. The number of methoxy groups -OCH3 is 1. The number of fused-ring (bicyclic) bond motifs is 3. The normalized spacial score (nSPS) is 19.5. The molecule has 1 saturated heterocycles. The van der Waals surface area contributed by atoms with Gasteiger partial charge < -0.3 is 25.3 Å². The quantitative estimate of drug-likeness (QED) is 0.351. The first-order valence-corrected chi connectivity index (χ1v) is 12.8. The van der Waals surface area contributed by atoms with Gasteiger partial charge in [-0.25, -0.2) is 15.0 Å². The molecule has 0 bridgehead atoms. The lowest BCUT2D eigenvalue weighted by Crippen LogP contribution is -2.47. The highest BCUT2D eigenvalue weighted by molar-refractivity contribution is 9.10. The summed E-state index contributed by atoms with van der Waals surface area (Å²) in [6.45, 7) is 5.91. The molecule has 2 amide bonds. The SMILES string of the molecule is COc1ccc2c(c1)c1c(N)ncnc1n2CC(=O)N1[C@H](C)[C@@H](C)C[C@H]1C(=O)Nc1nc(Br)ccc1C. The Labute approximate surface area is 222 Å². The van der Waals surface area contributed by atoms with E-state index in [1.165, 1.54) is 6.33 Å². The number of amides is 2. The zero-order valence-corrected chi connectivity index (χ0v) is 22.6. The van der Waals surface area contributed by atoms with Crippen LogP contribution in [0.4, 0.5) is 11.6 Å². The average Bonchev–Trinajstić information content (AvgIpc) is 3.35. The second-order valence-electron chi connectivity index (χ2n) is 9.49. The van der Waals surface area contributed by atoms with Crippen molar-refractivity contribution < 1.29 is 14.3 Å². The summed E-state index contributed by atoms with van der Waals surface area (Å²) < 4.78 is 7.85. The summed E-state index contributed by atoms with van der Waals surface area (Å²) in [6, 6.07) is 8.53. The first-order valence-electron chi connectivity index (χ1n) is 12.0. The van der Waals surface area contributed by atoms with Crippen LogP contribution in [0.3, 0.4) is 0 Å². The third kappa shape index (κ3) is 4.37. The molecule has 4 aromatic rings. The van der Waals surface area contributed by atoms with E-state index in [2.05, 4.69) is 43.1 Å². The highest BCUT2D eigenvalue weighted by Gasteiger charge is 2.43. The number of benzene rings is 1. The summed E-state index contributed by atoms with van der Waals surface area (Å²) in [7, 11) is 1.59. The van der Waals surface area contributed by atoms with Gasteiger partial charge in [0.15, 0.2) is 0 Å². The second-order valence-corrected chi connectivity index (χ2v) is 10.3. The van der Waals surface area contributed by atoms with E-state index in [0.29, 0.717) is 39.4 Å². The molecule has 1 fully saturated rings. The van der Waals surface area contributed by atoms with E-state index >= 15 is 0 Å². The maximum absolute atomic E-state index is 13.9. The number of pyridine rings is 1. The second kappa shape index (κ2) is 9.62. The number of rotatable bonds is 5. The smallest absolute Gasteiger partial charge is 0.248 e. The number of likely N-dealkylation sites (tertiary alicyclic amines) is 1. The van der Waals surface area contributed by atoms with Crippen LogP contribution in [0, 0.1) is 12.8 Å². The number of hydrogen-bond donors (Lipinski definition) is 2. The number of nitrogens with one attached hydrogen (secondary N) is 1. The number of nitrogen functional groups attached to an aromatic ring is 1. The fourth-order valence-electron chi connectivity index (χ4n) is 5.11. The van der Waals surface area contributed by atoms with Gasteiger partial charge in [-0.15, -0.1) is 0 Å². The largest absolute Gasteiger partial charge is 0.497 e. The van der Waals surface area contributed by atoms with E-state index in [0.717, 1.165) is 16.5 Å². The number of aryl methyl sites for hydroxylation is 1. The topological polar surface area (TPSA) is 128 Å². The van der Waals surface area contributed by atoms with Crippen LogP contribution in [0.1, 0.15) is 25.8 Å². The van der Waals surface area contributed by atoms with Gasteiger partial charge in [0.05, 0.1) is 18.0 Å². The van der Waals surface area contributed by atoms with Gasteiger partial charge in [-0.2, -0.15) is 0 Å². The predicted octanol–water partition coefficient (Wildman–Crippen LogP) is 3.91. The molecule has 1 aliphatic rings. The van der Waals surface area contributed by atoms with Crippen molar-refractivity contribution in [2.24, 2.45) is 5.92 Å². The summed E-state index contributed by atoms with van der Waals surface area (Å²) >= 11 is 3.35. The number of nitrogens with zero attached hydrogens (tertiary/aromatic N) is 5. The maximum Gasteiger partial charge on any atom is 0.248 e. The van der Waals surface area contributed by atoms with E-state index in [1.54, 1.807) is 12.0 Å². The number of hydrogen-bond acceptors (Lipinski definition) is 7. The highest BCUT2D eigenvalue weighted by Crippen LogP contribution is 2.35. The Morgan fingerprint density at radius 1 is 1.22 bits per heavy atom. The minimum Gasteiger partial charge on any atom is -0.497 e. The number of anilines is 2. The fourth-order valence-corrected chi connectivity index (χ4v) is 5.42. The van der Waals surface area contributed by atoms with Crippen molar-refractivity contribution in [1.29, 1.82) is 0 Å². The summed E-state index contributed by atoms with van der Waals surface area (Å²) in [4.78, 5) is 41.9. The predicted molar refractivity (Wildman–Crippen MR) is 145 cm³/mol. The van der Waals surface area contributed by atoms with Gasteiger partial charge in [-0.3, -0.25) is 9.59 Å². The molecule has 11 heteroatoms. The van der Waals surface area contributed by atoms with E-state index < -0.39 is 6.04 Å². The van der Waals surface area contributed by atoms with Gasteiger partial charge in [-0.1, -0.05) is 13.0 Å². The van der Waals surface area contributed by atoms with Gasteiger partial charge in [0.1, 0.15) is 46.5 Å². The standard InChI is InChI=1S/C26H28BrN7O3/c1-13-5-8-20(27)31-24(13)32-26(36)19-9-14(2)15(3)34(19)21(35)11-33-18-7-6-16(37-4)10-17(18)22-23(28)29-12-30-25(22)33/h5-8,10,12,14-15,19H,9,11H2,1-4H3,(H2,28,29,30)(H,31,32,36)/t14-,15+,19-/m0/s1. The van der Waals surface area contributed by atoms with Gasteiger partial charge in [0, 0.05) is 11.4 Å². The summed E-state index contributed by atoms with van der Waals surface area (Å²) in [5.41, 5.74) is 8.39. The Balaban J connectivity index is 1.50. The van der Waals surface area contributed by atoms with Crippen LogP contribution in [0.15, 0.2) is 41.3 Å². The van der Waals surface area contributed by atoms with Crippen LogP contribution >= 0.6 is 15.9 Å². The van der Waals surface area contributed by atoms with Gasteiger partial charge in [0.25, 0.3) is 0 Å². The zero-order valence-electron chi connectivity index (χ0n) is 21.0. The molecule has 1 aromatic carbocycles. The number of nitrogens with two attached hydrogens (primary N) is 1. The van der Waals surface area contributed by atoms with Crippen LogP contribution in [0.2, 0.25) is 0 Å². The molecule has 0 unspecified atom stereocenters. The molecule has 192 valence electrons. The molecule has 1 aliphatic heterocycles. The molecule has 0 radical (unpaired) electrons. The van der Waals surface area contributed by atoms with Crippen molar-refractivity contribution in [1.82, 2.24) is 24.4 Å².